The molecular weight excluding hydrogens is 247 g/mol. The van der Waals surface area contributed by atoms with Gasteiger partial charge in [0.05, 0.1) is 0 Å². The standard InChI is InChI=1S/C9H8F3N.C2H6.CH2O2/c10-9(11,12)8-4-3-7(5-13-8)6-1-2-6;1-2;2-1-3/h3-6H,1-2H2;1-2H3;1H,(H,2,3). The van der Waals surface area contributed by atoms with Gasteiger partial charge in [-0.25, -0.2) is 0 Å². The fourth-order valence-corrected chi connectivity index (χ4v) is 1.23. The number of pyridine rings is 1. The van der Waals surface area contributed by atoms with Crippen LogP contribution in [0.5, 0.6) is 0 Å². The molecular formula is C12H16F3NO2. The van der Waals surface area contributed by atoms with Crippen LogP contribution in [0.3, 0.4) is 0 Å². The molecule has 0 aromatic carbocycles. The summed E-state index contributed by atoms with van der Waals surface area (Å²) in [7, 11) is 0. The average molecular weight is 263 g/mol. The molecule has 6 heteroatoms. The van der Waals surface area contributed by atoms with E-state index in [0.717, 1.165) is 24.5 Å². The predicted molar refractivity (Wildman–Crippen MR) is 61.3 cm³/mol. The second kappa shape index (κ2) is 7.68. The zero-order chi connectivity index (χ0) is 14.2. The van der Waals surface area contributed by atoms with Crippen LogP contribution in [0.4, 0.5) is 13.2 Å². The van der Waals surface area contributed by atoms with Crippen LogP contribution in [0, 0.1) is 0 Å². The highest BCUT2D eigenvalue weighted by Gasteiger charge is 2.33. The fraction of sp³-hybridized carbons (Fsp3) is 0.500. The average Bonchev–Trinajstić information content (AvgIpc) is 3.16. The molecule has 0 atom stereocenters. The molecule has 18 heavy (non-hydrogen) atoms. The first-order chi connectivity index (χ1) is 8.49. The van der Waals surface area contributed by atoms with Crippen LogP contribution in [0.1, 0.15) is 43.9 Å². The van der Waals surface area contributed by atoms with E-state index in [-0.39, 0.29) is 6.47 Å². The summed E-state index contributed by atoms with van der Waals surface area (Å²) in [5, 5.41) is 6.89. The monoisotopic (exact) mass is 263 g/mol. The number of nitrogens with zero attached hydrogens (tertiary/aromatic N) is 1. The van der Waals surface area contributed by atoms with Crippen molar-refractivity contribution in [2.75, 3.05) is 0 Å². The molecule has 1 aromatic rings. The summed E-state index contributed by atoms with van der Waals surface area (Å²) in [6, 6.07) is 2.57. The lowest BCUT2D eigenvalue weighted by Crippen LogP contribution is -2.07. The van der Waals surface area contributed by atoms with Crippen LogP contribution >= 0.6 is 0 Å². The van der Waals surface area contributed by atoms with Gasteiger partial charge in [-0.15, -0.1) is 0 Å². The van der Waals surface area contributed by atoms with Gasteiger partial charge in [0.15, 0.2) is 0 Å². The van der Waals surface area contributed by atoms with Gasteiger partial charge in [0.2, 0.25) is 0 Å². The highest BCUT2D eigenvalue weighted by atomic mass is 19.4. The van der Waals surface area contributed by atoms with E-state index in [1.54, 1.807) is 0 Å². The Morgan fingerprint density at radius 1 is 1.33 bits per heavy atom. The molecule has 0 saturated heterocycles. The molecule has 1 aliphatic rings. The van der Waals surface area contributed by atoms with Crippen molar-refractivity contribution in [2.24, 2.45) is 0 Å². The van der Waals surface area contributed by atoms with Crippen molar-refractivity contribution in [3.05, 3.63) is 29.6 Å². The Morgan fingerprint density at radius 3 is 2.11 bits per heavy atom. The molecule has 0 unspecified atom stereocenters. The Balaban J connectivity index is 0.000000509. The number of aromatic nitrogens is 1. The Labute approximate surface area is 104 Å². The number of carboxylic acid groups (broad SMARTS) is 1. The van der Waals surface area contributed by atoms with Crippen molar-refractivity contribution in [3.63, 3.8) is 0 Å². The SMILES string of the molecule is CC.FC(F)(F)c1ccc(C2CC2)cn1.O=CO. The molecule has 102 valence electrons. The lowest BCUT2D eigenvalue weighted by atomic mass is 10.2. The lowest BCUT2D eigenvalue weighted by Gasteiger charge is -2.05. The van der Waals surface area contributed by atoms with E-state index in [0.29, 0.717) is 5.92 Å². The lowest BCUT2D eigenvalue weighted by molar-refractivity contribution is -0.141. The summed E-state index contributed by atoms with van der Waals surface area (Å²) < 4.78 is 36.2. The van der Waals surface area contributed by atoms with Crippen LogP contribution in [0.2, 0.25) is 0 Å². The Morgan fingerprint density at radius 2 is 1.83 bits per heavy atom. The van der Waals surface area contributed by atoms with Crippen LogP contribution in [-0.4, -0.2) is 16.6 Å². The predicted octanol–water partition coefficient (Wildman–Crippen LogP) is 3.70. The molecule has 2 rings (SSSR count). The second-order valence-corrected chi connectivity index (χ2v) is 3.35. The molecule has 0 spiro atoms. The quantitative estimate of drug-likeness (QED) is 0.786. The molecule has 0 radical (unpaired) electrons. The zero-order valence-electron chi connectivity index (χ0n) is 10.2. The maximum atomic E-state index is 12.1. The molecule has 1 aliphatic carbocycles. The normalized spacial score (nSPS) is 13.6. The van der Waals surface area contributed by atoms with Crippen molar-refractivity contribution in [1.82, 2.24) is 4.98 Å². The van der Waals surface area contributed by atoms with E-state index in [1.807, 2.05) is 13.8 Å². The Bertz CT molecular complexity index is 345. The highest BCUT2D eigenvalue weighted by molar-refractivity contribution is 5.32. The number of carbonyl (C=O) groups is 1. The van der Waals surface area contributed by atoms with Gasteiger partial charge in [-0.05, 0) is 30.4 Å². The minimum atomic E-state index is -4.32. The molecule has 1 heterocycles. The van der Waals surface area contributed by atoms with Gasteiger partial charge in [0.1, 0.15) is 5.69 Å². The van der Waals surface area contributed by atoms with Crippen molar-refractivity contribution in [3.8, 4) is 0 Å². The van der Waals surface area contributed by atoms with Gasteiger partial charge in [-0.2, -0.15) is 13.2 Å². The van der Waals surface area contributed by atoms with E-state index in [9.17, 15) is 13.2 Å². The first kappa shape index (κ1) is 16.4. The first-order valence-electron chi connectivity index (χ1n) is 5.60. The van der Waals surface area contributed by atoms with Gasteiger partial charge in [0.25, 0.3) is 6.47 Å². The summed E-state index contributed by atoms with van der Waals surface area (Å²) in [4.78, 5) is 11.7. The van der Waals surface area contributed by atoms with E-state index in [2.05, 4.69) is 4.98 Å². The molecule has 0 amide bonds. The van der Waals surface area contributed by atoms with Gasteiger partial charge in [-0.3, -0.25) is 9.78 Å². The third kappa shape index (κ3) is 5.65. The van der Waals surface area contributed by atoms with Crippen LogP contribution in [-0.2, 0) is 11.0 Å². The minimum absolute atomic E-state index is 0.250. The zero-order valence-corrected chi connectivity index (χ0v) is 10.2. The third-order valence-corrected chi connectivity index (χ3v) is 2.13. The highest BCUT2D eigenvalue weighted by Crippen LogP contribution is 2.40. The maximum Gasteiger partial charge on any atom is 0.433 e. The smallest absolute Gasteiger partial charge is 0.433 e. The van der Waals surface area contributed by atoms with Crippen molar-refractivity contribution in [1.29, 1.82) is 0 Å². The Hall–Kier alpha value is -1.59. The Kier molecular flexibility index (Phi) is 7.00. The van der Waals surface area contributed by atoms with Crippen molar-refractivity contribution >= 4 is 6.47 Å². The van der Waals surface area contributed by atoms with Crippen LogP contribution in [0.15, 0.2) is 18.3 Å². The van der Waals surface area contributed by atoms with E-state index in [1.165, 1.54) is 12.3 Å². The number of rotatable bonds is 1. The van der Waals surface area contributed by atoms with Crippen LogP contribution in [0.25, 0.3) is 0 Å². The summed E-state index contributed by atoms with van der Waals surface area (Å²) >= 11 is 0. The third-order valence-electron chi connectivity index (χ3n) is 2.13. The second-order valence-electron chi connectivity index (χ2n) is 3.35. The molecule has 1 aromatic heterocycles. The van der Waals surface area contributed by atoms with Crippen molar-refractivity contribution < 1.29 is 23.1 Å². The molecule has 1 saturated carbocycles. The maximum absolute atomic E-state index is 12.1. The van der Waals surface area contributed by atoms with Gasteiger partial charge in [0, 0.05) is 6.20 Å². The van der Waals surface area contributed by atoms with Gasteiger partial charge in [-0.1, -0.05) is 19.9 Å². The summed E-state index contributed by atoms with van der Waals surface area (Å²) in [5.74, 6) is 0.454. The minimum Gasteiger partial charge on any atom is -0.483 e. The molecule has 0 aliphatic heterocycles. The molecule has 3 nitrogen and oxygen atoms in total. The van der Waals surface area contributed by atoms with Gasteiger partial charge < -0.3 is 5.11 Å². The number of halogens is 3. The van der Waals surface area contributed by atoms with E-state index in [4.69, 9.17) is 9.90 Å². The summed E-state index contributed by atoms with van der Waals surface area (Å²) in [6.45, 7) is 3.75. The first-order valence-corrected chi connectivity index (χ1v) is 5.60. The molecule has 1 N–H and O–H groups in total. The fourth-order valence-electron chi connectivity index (χ4n) is 1.23. The number of hydrogen-bond donors (Lipinski definition) is 1. The number of hydrogen-bond acceptors (Lipinski definition) is 2. The van der Waals surface area contributed by atoms with E-state index >= 15 is 0 Å². The molecule has 0 bridgehead atoms. The topological polar surface area (TPSA) is 50.2 Å². The van der Waals surface area contributed by atoms with Crippen LogP contribution < -0.4 is 0 Å². The van der Waals surface area contributed by atoms with Crippen molar-refractivity contribution in [2.45, 2.75) is 38.8 Å². The largest absolute Gasteiger partial charge is 0.483 e. The number of alkyl halides is 3. The van der Waals surface area contributed by atoms with Gasteiger partial charge >= 0.3 is 6.18 Å². The summed E-state index contributed by atoms with van der Waals surface area (Å²) in [5.41, 5.74) is 0.116. The van der Waals surface area contributed by atoms with E-state index < -0.39 is 11.9 Å². The summed E-state index contributed by atoms with van der Waals surface area (Å²) in [6.07, 6.45) is -0.831. The molecule has 1 fully saturated rings.